The summed E-state index contributed by atoms with van der Waals surface area (Å²) in [6, 6.07) is 16.7. The van der Waals surface area contributed by atoms with Gasteiger partial charge in [0.2, 0.25) is 0 Å². The van der Waals surface area contributed by atoms with Crippen LogP contribution in [0.25, 0.3) is 0 Å². The molecule has 0 unspecified atom stereocenters. The van der Waals surface area contributed by atoms with E-state index in [2.05, 4.69) is 20.5 Å². The SMILES string of the molecule is C/C(=N\NC(=O)c1ccc(CSc2nc(C)cc(C)n2)cc1)c1ccc(Cl)cc1. The molecule has 3 aromatic rings. The Balaban J connectivity index is 1.58. The van der Waals surface area contributed by atoms with Gasteiger partial charge >= 0.3 is 0 Å². The topological polar surface area (TPSA) is 67.2 Å². The zero-order chi connectivity index (χ0) is 20.8. The lowest BCUT2D eigenvalue weighted by Crippen LogP contribution is -2.19. The first-order valence-electron chi connectivity index (χ1n) is 9.05. The standard InChI is InChI=1S/C22H21ClN4OS/c1-14-12-15(2)25-22(24-14)29-13-17-4-6-19(7-5-17)21(28)27-26-16(3)18-8-10-20(23)11-9-18/h4-12H,13H2,1-3H3,(H,27,28)/b26-16+. The number of carbonyl (C=O) groups excluding carboxylic acids is 1. The van der Waals surface area contributed by atoms with Crippen LogP contribution in [0.5, 0.6) is 0 Å². The van der Waals surface area contributed by atoms with Gasteiger partial charge in [-0.2, -0.15) is 5.10 Å². The predicted octanol–water partition coefficient (Wildman–Crippen LogP) is 5.19. The van der Waals surface area contributed by atoms with E-state index in [1.165, 1.54) is 0 Å². The van der Waals surface area contributed by atoms with E-state index >= 15 is 0 Å². The van der Waals surface area contributed by atoms with Gasteiger partial charge in [-0.25, -0.2) is 15.4 Å². The van der Waals surface area contributed by atoms with Crippen molar-refractivity contribution in [1.82, 2.24) is 15.4 Å². The van der Waals surface area contributed by atoms with E-state index in [4.69, 9.17) is 11.6 Å². The van der Waals surface area contributed by atoms with Crippen LogP contribution in [0, 0.1) is 13.8 Å². The molecule has 0 aliphatic rings. The molecule has 0 aliphatic carbocycles. The molecule has 3 rings (SSSR count). The van der Waals surface area contributed by atoms with Gasteiger partial charge in [0.25, 0.3) is 5.91 Å². The van der Waals surface area contributed by atoms with Gasteiger partial charge in [-0.15, -0.1) is 0 Å². The van der Waals surface area contributed by atoms with Crippen LogP contribution in [-0.4, -0.2) is 21.6 Å². The number of aryl methyl sites for hydroxylation is 2. The summed E-state index contributed by atoms with van der Waals surface area (Å²) in [5.41, 5.74) is 7.76. The molecule has 0 radical (unpaired) electrons. The Morgan fingerprint density at radius 3 is 2.21 bits per heavy atom. The Morgan fingerprint density at radius 1 is 1.00 bits per heavy atom. The Morgan fingerprint density at radius 2 is 1.59 bits per heavy atom. The van der Waals surface area contributed by atoms with E-state index in [-0.39, 0.29) is 5.91 Å². The lowest BCUT2D eigenvalue weighted by Gasteiger charge is -2.05. The van der Waals surface area contributed by atoms with Crippen LogP contribution in [0.3, 0.4) is 0 Å². The predicted molar refractivity (Wildman–Crippen MR) is 119 cm³/mol. The minimum Gasteiger partial charge on any atom is -0.267 e. The van der Waals surface area contributed by atoms with Crippen LogP contribution in [0.15, 0.2) is 64.9 Å². The van der Waals surface area contributed by atoms with Gasteiger partial charge in [-0.3, -0.25) is 4.79 Å². The number of thioether (sulfide) groups is 1. The smallest absolute Gasteiger partial charge is 0.267 e. The average molecular weight is 425 g/mol. The van der Waals surface area contributed by atoms with Crippen LogP contribution >= 0.6 is 23.4 Å². The molecule has 0 atom stereocenters. The molecular weight excluding hydrogens is 404 g/mol. The lowest BCUT2D eigenvalue weighted by atomic mass is 10.1. The van der Waals surface area contributed by atoms with Crippen molar-refractivity contribution in [3.63, 3.8) is 0 Å². The molecule has 1 heterocycles. The number of hydrazone groups is 1. The highest BCUT2D eigenvalue weighted by molar-refractivity contribution is 7.98. The maximum Gasteiger partial charge on any atom is 0.271 e. The largest absolute Gasteiger partial charge is 0.271 e. The van der Waals surface area contributed by atoms with Crippen LogP contribution in [0.2, 0.25) is 5.02 Å². The van der Waals surface area contributed by atoms with E-state index in [0.717, 1.165) is 33.4 Å². The minimum atomic E-state index is -0.254. The second kappa shape index (κ2) is 9.67. The Labute approximate surface area is 179 Å². The molecule has 0 spiro atoms. The highest BCUT2D eigenvalue weighted by Gasteiger charge is 2.07. The van der Waals surface area contributed by atoms with E-state index in [1.807, 2.05) is 51.1 Å². The molecule has 7 heteroatoms. The van der Waals surface area contributed by atoms with E-state index in [9.17, 15) is 4.79 Å². The van der Waals surface area contributed by atoms with Crippen LogP contribution in [-0.2, 0) is 5.75 Å². The second-order valence-corrected chi connectivity index (χ2v) is 7.94. The Hall–Kier alpha value is -2.70. The van der Waals surface area contributed by atoms with E-state index in [0.29, 0.717) is 16.3 Å². The third kappa shape index (κ3) is 6.14. The third-order valence-electron chi connectivity index (χ3n) is 4.13. The van der Waals surface area contributed by atoms with Crippen molar-refractivity contribution < 1.29 is 4.79 Å². The zero-order valence-electron chi connectivity index (χ0n) is 16.4. The summed E-state index contributed by atoms with van der Waals surface area (Å²) in [7, 11) is 0. The Bertz CT molecular complexity index is 1010. The monoisotopic (exact) mass is 424 g/mol. The molecule has 0 aliphatic heterocycles. The summed E-state index contributed by atoms with van der Waals surface area (Å²) in [5, 5.41) is 5.59. The summed E-state index contributed by atoms with van der Waals surface area (Å²) >= 11 is 7.46. The van der Waals surface area contributed by atoms with Gasteiger partial charge < -0.3 is 0 Å². The average Bonchev–Trinajstić information content (AvgIpc) is 2.70. The summed E-state index contributed by atoms with van der Waals surface area (Å²) in [5.74, 6) is 0.480. The number of nitrogens with zero attached hydrogens (tertiary/aromatic N) is 3. The zero-order valence-corrected chi connectivity index (χ0v) is 18.0. The van der Waals surface area contributed by atoms with Crippen molar-refractivity contribution in [2.45, 2.75) is 31.7 Å². The summed E-state index contributed by atoms with van der Waals surface area (Å²) < 4.78 is 0. The van der Waals surface area contributed by atoms with Gasteiger partial charge in [0.1, 0.15) is 0 Å². The van der Waals surface area contributed by atoms with Gasteiger partial charge in [0, 0.05) is 27.7 Å². The molecule has 0 fully saturated rings. The first-order chi connectivity index (χ1) is 13.9. The van der Waals surface area contributed by atoms with Gasteiger partial charge in [-0.05, 0) is 62.2 Å². The lowest BCUT2D eigenvalue weighted by molar-refractivity contribution is 0.0955. The number of amides is 1. The quantitative estimate of drug-likeness (QED) is 0.256. The number of halogens is 1. The van der Waals surface area contributed by atoms with Crippen molar-refractivity contribution >= 4 is 35.0 Å². The number of rotatable bonds is 6. The summed E-state index contributed by atoms with van der Waals surface area (Å²) in [6.45, 7) is 5.76. The number of carbonyl (C=O) groups is 1. The van der Waals surface area contributed by atoms with Crippen molar-refractivity contribution in [2.75, 3.05) is 0 Å². The van der Waals surface area contributed by atoms with Crippen molar-refractivity contribution in [2.24, 2.45) is 5.10 Å². The fourth-order valence-corrected chi connectivity index (χ4v) is 3.64. The number of nitrogens with one attached hydrogen (secondary N) is 1. The number of hydrogen-bond acceptors (Lipinski definition) is 5. The molecule has 1 amide bonds. The van der Waals surface area contributed by atoms with E-state index < -0.39 is 0 Å². The molecule has 148 valence electrons. The van der Waals surface area contributed by atoms with E-state index in [1.54, 1.807) is 36.0 Å². The van der Waals surface area contributed by atoms with Gasteiger partial charge in [0.05, 0.1) is 5.71 Å². The maximum absolute atomic E-state index is 12.3. The molecule has 0 bridgehead atoms. The molecule has 5 nitrogen and oxygen atoms in total. The Kier molecular flexibility index (Phi) is 7.01. The van der Waals surface area contributed by atoms with Crippen LogP contribution in [0.4, 0.5) is 0 Å². The van der Waals surface area contributed by atoms with Crippen molar-refractivity contribution in [1.29, 1.82) is 0 Å². The first kappa shape index (κ1) is 21.0. The van der Waals surface area contributed by atoms with Gasteiger partial charge in [-0.1, -0.05) is 47.6 Å². The molecule has 0 saturated carbocycles. The van der Waals surface area contributed by atoms with Crippen molar-refractivity contribution in [3.8, 4) is 0 Å². The molecule has 0 saturated heterocycles. The number of benzene rings is 2. The van der Waals surface area contributed by atoms with Crippen LogP contribution in [0.1, 0.15) is 39.8 Å². The molecule has 1 aromatic heterocycles. The molecule has 1 N–H and O–H groups in total. The highest BCUT2D eigenvalue weighted by atomic mass is 35.5. The highest BCUT2D eigenvalue weighted by Crippen LogP contribution is 2.20. The number of aromatic nitrogens is 2. The maximum atomic E-state index is 12.3. The summed E-state index contributed by atoms with van der Waals surface area (Å²) in [4.78, 5) is 21.2. The first-order valence-corrected chi connectivity index (χ1v) is 10.4. The van der Waals surface area contributed by atoms with Crippen LogP contribution < -0.4 is 5.43 Å². The molecular formula is C22H21ClN4OS. The fraction of sp³-hybridized carbons (Fsp3) is 0.182. The second-order valence-electron chi connectivity index (χ2n) is 6.56. The third-order valence-corrected chi connectivity index (χ3v) is 5.30. The molecule has 29 heavy (non-hydrogen) atoms. The van der Waals surface area contributed by atoms with Gasteiger partial charge in [0.15, 0.2) is 5.16 Å². The fourth-order valence-electron chi connectivity index (χ4n) is 2.61. The normalized spacial score (nSPS) is 11.4. The summed E-state index contributed by atoms with van der Waals surface area (Å²) in [6.07, 6.45) is 0. The molecule has 2 aromatic carbocycles. The van der Waals surface area contributed by atoms with Crippen molar-refractivity contribution in [3.05, 3.63) is 87.7 Å². The minimum absolute atomic E-state index is 0.254. The number of hydrogen-bond donors (Lipinski definition) is 1.